The number of aromatic carboxylic acids is 2. The van der Waals surface area contributed by atoms with Gasteiger partial charge in [-0.3, -0.25) is 0 Å². The monoisotopic (exact) mass is 310 g/mol. The first-order valence-electron chi connectivity index (χ1n) is 5.99. The Morgan fingerprint density at radius 3 is 1.41 bits per heavy atom. The van der Waals surface area contributed by atoms with Gasteiger partial charge in [0, 0.05) is 0 Å². The van der Waals surface area contributed by atoms with Crippen LogP contribution < -0.4 is 0 Å². The van der Waals surface area contributed by atoms with Crippen molar-refractivity contribution in [3.8, 4) is 0 Å². The van der Waals surface area contributed by atoms with E-state index in [1.807, 2.05) is 0 Å². The Morgan fingerprint density at radius 2 is 1.05 bits per heavy atom. The molecule has 22 heavy (non-hydrogen) atoms. The highest BCUT2D eigenvalue weighted by Crippen LogP contribution is 2.29. The summed E-state index contributed by atoms with van der Waals surface area (Å²) in [4.78, 5) is 46.7. The van der Waals surface area contributed by atoms with Crippen LogP contribution in [0.5, 0.6) is 0 Å². The largest absolute Gasteiger partial charge is 0.478 e. The van der Waals surface area contributed by atoms with E-state index < -0.39 is 40.6 Å². The molecule has 0 saturated heterocycles. The zero-order valence-electron chi connectivity index (χ0n) is 12.3. The Hall–Kier alpha value is -2.90. The third kappa shape index (κ3) is 2.62. The molecule has 0 fully saturated rings. The lowest BCUT2D eigenvalue weighted by Crippen LogP contribution is -2.23. The number of carbonyl (C=O) groups excluding carboxylic acids is 2. The summed E-state index contributed by atoms with van der Waals surface area (Å²) in [6, 6.07) is 0. The minimum absolute atomic E-state index is 0.0674. The van der Waals surface area contributed by atoms with Gasteiger partial charge in [-0.05, 0) is 25.0 Å². The fourth-order valence-electron chi connectivity index (χ4n) is 2.28. The maximum absolute atomic E-state index is 11.9. The Balaban J connectivity index is 4.10. The van der Waals surface area contributed by atoms with Crippen LogP contribution in [0.4, 0.5) is 0 Å². The average Bonchev–Trinajstić information content (AvgIpc) is 2.44. The van der Waals surface area contributed by atoms with Crippen LogP contribution in [0.25, 0.3) is 0 Å². The molecule has 2 N–H and O–H groups in total. The van der Waals surface area contributed by atoms with E-state index in [1.165, 1.54) is 13.8 Å². The van der Waals surface area contributed by atoms with E-state index in [1.54, 1.807) is 0 Å². The molecule has 0 heterocycles. The lowest BCUT2D eigenvalue weighted by Gasteiger charge is -2.17. The van der Waals surface area contributed by atoms with Gasteiger partial charge in [0.05, 0.1) is 36.5 Å². The molecule has 0 saturated carbocycles. The van der Waals surface area contributed by atoms with Crippen molar-refractivity contribution in [1.82, 2.24) is 0 Å². The zero-order chi connectivity index (χ0) is 17.2. The highest BCUT2D eigenvalue weighted by Gasteiger charge is 2.33. The highest BCUT2D eigenvalue weighted by molar-refractivity contribution is 6.14. The van der Waals surface area contributed by atoms with Gasteiger partial charge in [0.25, 0.3) is 0 Å². The number of hydrogen-bond acceptors (Lipinski definition) is 6. The summed E-state index contributed by atoms with van der Waals surface area (Å²) >= 11 is 0. The Kier molecular flexibility index (Phi) is 4.87. The summed E-state index contributed by atoms with van der Waals surface area (Å²) in [5.74, 6) is -5.06. The minimum atomic E-state index is -1.55. The van der Waals surface area contributed by atoms with Crippen LogP contribution in [0.15, 0.2) is 0 Å². The fourth-order valence-corrected chi connectivity index (χ4v) is 2.28. The molecule has 118 valence electrons. The molecule has 0 spiro atoms. The van der Waals surface area contributed by atoms with Crippen molar-refractivity contribution in [3.05, 3.63) is 33.4 Å². The van der Waals surface area contributed by atoms with Crippen LogP contribution in [-0.4, -0.2) is 48.3 Å². The first-order valence-corrected chi connectivity index (χ1v) is 5.99. The SMILES string of the molecule is COC(=O)c1c(C)c(C(=O)O)c(C)c(C(=O)O)c1C(=O)OC. The number of carbonyl (C=O) groups is 4. The second-order valence-electron chi connectivity index (χ2n) is 4.34. The summed E-state index contributed by atoms with van der Waals surface area (Å²) in [7, 11) is 2.05. The van der Waals surface area contributed by atoms with Gasteiger partial charge in [0.1, 0.15) is 0 Å². The van der Waals surface area contributed by atoms with Crippen LogP contribution in [0.1, 0.15) is 52.6 Å². The summed E-state index contributed by atoms with van der Waals surface area (Å²) in [6.07, 6.45) is 0. The van der Waals surface area contributed by atoms with Gasteiger partial charge in [-0.2, -0.15) is 0 Å². The quantitative estimate of drug-likeness (QED) is 0.796. The van der Waals surface area contributed by atoms with Gasteiger partial charge in [0.2, 0.25) is 0 Å². The summed E-state index contributed by atoms with van der Waals surface area (Å²) in [5, 5.41) is 18.6. The van der Waals surface area contributed by atoms with Gasteiger partial charge >= 0.3 is 23.9 Å². The van der Waals surface area contributed by atoms with E-state index in [2.05, 4.69) is 9.47 Å². The maximum atomic E-state index is 11.9. The van der Waals surface area contributed by atoms with E-state index in [4.69, 9.17) is 0 Å². The van der Waals surface area contributed by atoms with E-state index in [0.29, 0.717) is 0 Å². The van der Waals surface area contributed by atoms with Crippen molar-refractivity contribution < 1.29 is 38.9 Å². The molecule has 0 atom stereocenters. The topological polar surface area (TPSA) is 127 Å². The standard InChI is InChI=1S/C14H14O8/c1-5-7(11(15)16)6(2)9(13(19)21-3)10(14(20)22-4)8(5)12(17)18/h1-4H3,(H,15,16)(H,17,18). The third-order valence-corrected chi connectivity index (χ3v) is 3.21. The number of methoxy groups -OCH3 is 2. The number of rotatable bonds is 4. The Bertz CT molecular complexity index is 687. The molecular weight excluding hydrogens is 296 g/mol. The number of benzene rings is 1. The van der Waals surface area contributed by atoms with Gasteiger partial charge in [0.15, 0.2) is 0 Å². The second kappa shape index (κ2) is 6.25. The number of carboxylic acids is 2. The lowest BCUT2D eigenvalue weighted by atomic mass is 9.87. The van der Waals surface area contributed by atoms with Crippen LogP contribution in [-0.2, 0) is 9.47 Å². The van der Waals surface area contributed by atoms with Crippen molar-refractivity contribution in [1.29, 1.82) is 0 Å². The van der Waals surface area contributed by atoms with Crippen molar-refractivity contribution in [2.24, 2.45) is 0 Å². The van der Waals surface area contributed by atoms with Gasteiger partial charge < -0.3 is 19.7 Å². The van der Waals surface area contributed by atoms with Crippen molar-refractivity contribution in [2.45, 2.75) is 13.8 Å². The molecule has 0 aliphatic rings. The van der Waals surface area contributed by atoms with Crippen LogP contribution in [0.2, 0.25) is 0 Å². The smallest absolute Gasteiger partial charge is 0.339 e. The van der Waals surface area contributed by atoms with Crippen LogP contribution in [0, 0.1) is 13.8 Å². The predicted molar refractivity (Wildman–Crippen MR) is 72.5 cm³/mol. The number of hydrogen-bond donors (Lipinski definition) is 2. The molecule has 8 heteroatoms. The van der Waals surface area contributed by atoms with Crippen LogP contribution in [0.3, 0.4) is 0 Å². The average molecular weight is 310 g/mol. The Morgan fingerprint density at radius 1 is 0.682 bits per heavy atom. The molecule has 0 aromatic heterocycles. The molecule has 1 rings (SSSR count). The third-order valence-electron chi connectivity index (χ3n) is 3.21. The number of ether oxygens (including phenoxy) is 2. The maximum Gasteiger partial charge on any atom is 0.339 e. The molecule has 0 aliphatic carbocycles. The molecule has 1 aromatic carbocycles. The molecule has 1 aromatic rings. The molecule has 0 unspecified atom stereocenters. The van der Waals surface area contributed by atoms with Crippen molar-refractivity contribution in [2.75, 3.05) is 14.2 Å². The number of esters is 2. The minimum Gasteiger partial charge on any atom is -0.478 e. The molecule has 0 radical (unpaired) electrons. The van der Waals surface area contributed by atoms with E-state index in [-0.39, 0.29) is 16.7 Å². The lowest BCUT2D eigenvalue weighted by molar-refractivity contribution is 0.0545. The predicted octanol–water partition coefficient (Wildman–Crippen LogP) is 1.27. The van der Waals surface area contributed by atoms with E-state index in [0.717, 1.165) is 14.2 Å². The van der Waals surface area contributed by atoms with Gasteiger partial charge in [-0.15, -0.1) is 0 Å². The van der Waals surface area contributed by atoms with E-state index >= 15 is 0 Å². The zero-order valence-corrected chi connectivity index (χ0v) is 12.3. The first kappa shape index (κ1) is 17.2. The first-order chi connectivity index (χ1) is 10.2. The van der Waals surface area contributed by atoms with Crippen molar-refractivity contribution >= 4 is 23.9 Å². The summed E-state index contributed by atoms with van der Waals surface area (Å²) in [6.45, 7) is 2.54. The summed E-state index contributed by atoms with van der Waals surface area (Å²) < 4.78 is 9.04. The van der Waals surface area contributed by atoms with Gasteiger partial charge in [-0.1, -0.05) is 0 Å². The van der Waals surface area contributed by atoms with Gasteiger partial charge in [-0.25, -0.2) is 19.2 Å². The second-order valence-corrected chi connectivity index (χ2v) is 4.34. The van der Waals surface area contributed by atoms with E-state index in [9.17, 15) is 29.4 Å². The molecule has 0 bridgehead atoms. The molecule has 0 amide bonds. The summed E-state index contributed by atoms with van der Waals surface area (Å²) in [5.41, 5.74) is -2.15. The normalized spacial score (nSPS) is 10.0. The fraction of sp³-hybridized carbons (Fsp3) is 0.286. The molecular formula is C14H14O8. The number of carboxylic acid groups (broad SMARTS) is 2. The highest BCUT2D eigenvalue weighted by atomic mass is 16.5. The Labute approximate surface area is 125 Å². The van der Waals surface area contributed by atoms with Crippen molar-refractivity contribution in [3.63, 3.8) is 0 Å². The molecule has 8 nitrogen and oxygen atoms in total. The van der Waals surface area contributed by atoms with Crippen LogP contribution >= 0.6 is 0 Å². The molecule has 0 aliphatic heterocycles.